The van der Waals surface area contributed by atoms with Crippen molar-refractivity contribution >= 4 is 21.6 Å². The SMILES string of the molecule is Cc1ccc(NCC(O)COCc2ccco2)cc1Br. The number of aliphatic hydroxyl groups excluding tert-OH is 1. The summed E-state index contributed by atoms with van der Waals surface area (Å²) in [6.45, 7) is 3.11. The van der Waals surface area contributed by atoms with Gasteiger partial charge in [0.1, 0.15) is 12.4 Å². The number of hydrogen-bond donors (Lipinski definition) is 2. The molecule has 0 saturated heterocycles. The summed E-state index contributed by atoms with van der Waals surface area (Å²) in [6.07, 6.45) is 1.04. The molecule has 0 aliphatic carbocycles. The fraction of sp³-hybridized carbons (Fsp3) is 0.333. The molecule has 5 heteroatoms. The molecule has 0 radical (unpaired) electrons. The molecule has 1 unspecified atom stereocenters. The smallest absolute Gasteiger partial charge is 0.129 e. The summed E-state index contributed by atoms with van der Waals surface area (Å²) in [7, 11) is 0. The molecule has 1 aromatic heterocycles. The number of ether oxygens (including phenoxy) is 1. The van der Waals surface area contributed by atoms with Gasteiger partial charge in [0.05, 0.1) is 19.0 Å². The first kappa shape index (κ1) is 15.1. The Labute approximate surface area is 126 Å². The van der Waals surface area contributed by atoms with Gasteiger partial charge >= 0.3 is 0 Å². The van der Waals surface area contributed by atoms with E-state index in [1.54, 1.807) is 6.26 Å². The lowest BCUT2D eigenvalue weighted by atomic mass is 10.2. The first-order valence-electron chi connectivity index (χ1n) is 6.43. The van der Waals surface area contributed by atoms with Crippen molar-refractivity contribution in [2.24, 2.45) is 0 Å². The largest absolute Gasteiger partial charge is 0.467 e. The highest BCUT2D eigenvalue weighted by atomic mass is 79.9. The summed E-state index contributed by atoms with van der Waals surface area (Å²) in [4.78, 5) is 0. The third-order valence-corrected chi connectivity index (χ3v) is 3.70. The van der Waals surface area contributed by atoms with E-state index in [0.29, 0.717) is 13.2 Å². The zero-order chi connectivity index (χ0) is 14.4. The third kappa shape index (κ3) is 4.67. The van der Waals surface area contributed by atoms with E-state index in [1.165, 1.54) is 5.56 Å². The molecule has 2 rings (SSSR count). The van der Waals surface area contributed by atoms with Crippen LogP contribution in [0.4, 0.5) is 5.69 Å². The van der Waals surface area contributed by atoms with Crippen LogP contribution in [0.3, 0.4) is 0 Å². The number of aryl methyl sites for hydroxylation is 1. The topological polar surface area (TPSA) is 54.6 Å². The Morgan fingerprint density at radius 3 is 2.95 bits per heavy atom. The zero-order valence-electron chi connectivity index (χ0n) is 11.3. The van der Waals surface area contributed by atoms with Gasteiger partial charge < -0.3 is 19.6 Å². The minimum absolute atomic E-state index is 0.265. The molecule has 108 valence electrons. The number of halogens is 1. The van der Waals surface area contributed by atoms with E-state index >= 15 is 0 Å². The van der Waals surface area contributed by atoms with Crippen molar-refractivity contribution in [2.45, 2.75) is 19.6 Å². The van der Waals surface area contributed by atoms with E-state index in [4.69, 9.17) is 9.15 Å². The van der Waals surface area contributed by atoms with Crippen molar-refractivity contribution in [3.05, 3.63) is 52.4 Å². The number of benzene rings is 1. The molecule has 0 aliphatic rings. The summed E-state index contributed by atoms with van der Waals surface area (Å²) in [6, 6.07) is 9.65. The Hall–Kier alpha value is -1.30. The summed E-state index contributed by atoms with van der Waals surface area (Å²) in [5, 5.41) is 13.0. The van der Waals surface area contributed by atoms with Crippen LogP contribution in [0.15, 0.2) is 45.5 Å². The van der Waals surface area contributed by atoms with Gasteiger partial charge in [-0.05, 0) is 36.8 Å². The number of nitrogens with one attached hydrogen (secondary N) is 1. The molecular weight excluding hydrogens is 322 g/mol. The molecule has 2 aromatic rings. The second-order valence-electron chi connectivity index (χ2n) is 4.59. The molecular formula is C15H18BrNO3. The van der Waals surface area contributed by atoms with E-state index in [9.17, 15) is 5.11 Å². The van der Waals surface area contributed by atoms with Crippen molar-refractivity contribution < 1.29 is 14.3 Å². The number of rotatable bonds is 7. The highest BCUT2D eigenvalue weighted by molar-refractivity contribution is 9.10. The van der Waals surface area contributed by atoms with E-state index in [2.05, 4.69) is 21.2 Å². The third-order valence-electron chi connectivity index (χ3n) is 2.85. The van der Waals surface area contributed by atoms with Crippen LogP contribution in [0, 0.1) is 6.92 Å². The normalized spacial score (nSPS) is 12.3. The maximum Gasteiger partial charge on any atom is 0.129 e. The quantitative estimate of drug-likeness (QED) is 0.812. The van der Waals surface area contributed by atoms with Crippen LogP contribution < -0.4 is 5.32 Å². The Morgan fingerprint density at radius 2 is 2.25 bits per heavy atom. The van der Waals surface area contributed by atoms with Gasteiger partial charge in [-0.25, -0.2) is 0 Å². The number of anilines is 1. The molecule has 0 amide bonds. The van der Waals surface area contributed by atoms with Crippen molar-refractivity contribution in [3.63, 3.8) is 0 Å². The van der Waals surface area contributed by atoms with Crippen molar-refractivity contribution in [2.75, 3.05) is 18.5 Å². The van der Waals surface area contributed by atoms with Crippen LogP contribution in [0.2, 0.25) is 0 Å². The van der Waals surface area contributed by atoms with Crippen LogP contribution >= 0.6 is 15.9 Å². The second kappa shape index (κ2) is 7.47. The number of hydrogen-bond acceptors (Lipinski definition) is 4. The Bertz CT molecular complexity index is 528. The summed E-state index contributed by atoms with van der Waals surface area (Å²) >= 11 is 3.48. The Kier molecular flexibility index (Phi) is 5.64. The second-order valence-corrected chi connectivity index (χ2v) is 5.45. The van der Waals surface area contributed by atoms with Gasteiger partial charge in [0.25, 0.3) is 0 Å². The fourth-order valence-electron chi connectivity index (χ4n) is 1.69. The van der Waals surface area contributed by atoms with Crippen molar-refractivity contribution in [1.29, 1.82) is 0 Å². The minimum atomic E-state index is -0.565. The molecule has 1 atom stereocenters. The van der Waals surface area contributed by atoms with Crippen LogP contribution in [0.5, 0.6) is 0 Å². The lowest BCUT2D eigenvalue weighted by Gasteiger charge is -2.13. The van der Waals surface area contributed by atoms with Crippen molar-refractivity contribution in [1.82, 2.24) is 0 Å². The molecule has 1 aromatic carbocycles. The molecule has 0 spiro atoms. The predicted molar refractivity (Wildman–Crippen MR) is 81.7 cm³/mol. The average Bonchev–Trinajstić information content (AvgIpc) is 2.93. The molecule has 2 N–H and O–H groups in total. The Morgan fingerprint density at radius 1 is 1.40 bits per heavy atom. The Balaban J connectivity index is 1.69. The van der Waals surface area contributed by atoms with Crippen molar-refractivity contribution in [3.8, 4) is 0 Å². The first-order valence-corrected chi connectivity index (χ1v) is 7.22. The monoisotopic (exact) mass is 339 g/mol. The summed E-state index contributed by atoms with van der Waals surface area (Å²) in [5.74, 6) is 0.757. The molecule has 4 nitrogen and oxygen atoms in total. The fourth-order valence-corrected chi connectivity index (χ4v) is 2.07. The maximum atomic E-state index is 9.83. The van der Waals surface area contributed by atoms with Gasteiger partial charge in [0, 0.05) is 16.7 Å². The molecule has 20 heavy (non-hydrogen) atoms. The van der Waals surface area contributed by atoms with Crippen LogP contribution in [0.1, 0.15) is 11.3 Å². The maximum absolute atomic E-state index is 9.83. The van der Waals surface area contributed by atoms with E-state index in [0.717, 1.165) is 15.9 Å². The molecule has 0 fully saturated rings. The van der Waals surface area contributed by atoms with E-state index in [-0.39, 0.29) is 6.61 Å². The first-order chi connectivity index (χ1) is 9.65. The summed E-state index contributed by atoms with van der Waals surface area (Å²) < 4.78 is 11.6. The molecule has 0 aliphatic heterocycles. The van der Waals surface area contributed by atoms with E-state index < -0.39 is 6.10 Å². The lowest BCUT2D eigenvalue weighted by Crippen LogP contribution is -2.24. The number of aliphatic hydroxyl groups is 1. The van der Waals surface area contributed by atoms with Crippen LogP contribution in [0.25, 0.3) is 0 Å². The van der Waals surface area contributed by atoms with Gasteiger partial charge in [-0.2, -0.15) is 0 Å². The minimum Gasteiger partial charge on any atom is -0.467 e. The van der Waals surface area contributed by atoms with Gasteiger partial charge in [0.15, 0.2) is 0 Å². The standard InChI is InChI=1S/C15H18BrNO3/c1-11-4-5-12(7-15(11)16)17-8-13(18)9-19-10-14-3-2-6-20-14/h2-7,13,17-18H,8-10H2,1H3. The average molecular weight is 340 g/mol. The molecule has 0 saturated carbocycles. The van der Waals surface area contributed by atoms with E-state index in [1.807, 2.05) is 37.3 Å². The highest BCUT2D eigenvalue weighted by Gasteiger charge is 2.06. The van der Waals surface area contributed by atoms with Gasteiger partial charge in [-0.3, -0.25) is 0 Å². The summed E-state index contributed by atoms with van der Waals surface area (Å²) in [5.41, 5.74) is 2.14. The zero-order valence-corrected chi connectivity index (χ0v) is 12.9. The number of furan rings is 1. The molecule has 1 heterocycles. The lowest BCUT2D eigenvalue weighted by molar-refractivity contribution is 0.0282. The highest BCUT2D eigenvalue weighted by Crippen LogP contribution is 2.20. The van der Waals surface area contributed by atoms with Crippen LogP contribution in [-0.4, -0.2) is 24.4 Å². The van der Waals surface area contributed by atoms with Gasteiger partial charge in [-0.1, -0.05) is 22.0 Å². The van der Waals surface area contributed by atoms with Gasteiger partial charge in [0.2, 0.25) is 0 Å². The predicted octanol–water partition coefficient (Wildman–Crippen LogP) is 3.34. The molecule has 0 bridgehead atoms. The van der Waals surface area contributed by atoms with Gasteiger partial charge in [-0.15, -0.1) is 0 Å². The van der Waals surface area contributed by atoms with Crippen LogP contribution in [-0.2, 0) is 11.3 Å².